The molecular weight excluding hydrogens is 1300 g/mol. The summed E-state index contributed by atoms with van der Waals surface area (Å²) in [7, 11) is -9.93. The van der Waals surface area contributed by atoms with E-state index < -0.39 is 27.2 Å². The van der Waals surface area contributed by atoms with Crippen LogP contribution in [0.4, 0.5) is 0 Å². The third-order valence-corrected chi connectivity index (χ3v) is 12.6. The van der Waals surface area contributed by atoms with Crippen LogP contribution in [0.5, 0.6) is 0 Å². The van der Waals surface area contributed by atoms with Crippen molar-refractivity contribution in [3.63, 3.8) is 0 Å². The molecule has 0 bridgehead atoms. The van der Waals surface area contributed by atoms with Gasteiger partial charge in [0.15, 0.2) is 0 Å². The molecule has 0 aliphatic carbocycles. The van der Waals surface area contributed by atoms with E-state index >= 15 is 0 Å². The summed E-state index contributed by atoms with van der Waals surface area (Å²) in [4.78, 5) is 76.0. The van der Waals surface area contributed by atoms with Crippen LogP contribution < -0.4 is 29.4 Å². The van der Waals surface area contributed by atoms with Crippen molar-refractivity contribution < 1.29 is 92.6 Å². The zero-order chi connectivity index (χ0) is 41.6. The van der Waals surface area contributed by atoms with Crippen LogP contribution in [-0.2, 0) is 84.9 Å². The first-order valence-electron chi connectivity index (χ1n) is 18.7. The van der Waals surface area contributed by atoms with Gasteiger partial charge in [-0.2, -0.15) is 15.9 Å². The van der Waals surface area contributed by atoms with E-state index in [1.165, 1.54) is 0 Å². The Morgan fingerprint density at radius 1 is 0.333 bits per heavy atom. The molecule has 0 saturated carbocycles. The van der Waals surface area contributed by atoms with Gasteiger partial charge in [0.05, 0.1) is 0 Å². The predicted molar refractivity (Wildman–Crippen MR) is 217 cm³/mol. The monoisotopic (exact) mass is 1360 g/mol. The van der Waals surface area contributed by atoms with E-state index in [-0.39, 0.29) is 84.9 Å². The van der Waals surface area contributed by atoms with Gasteiger partial charge < -0.3 is 29.4 Å². The fourth-order valence-electron chi connectivity index (χ4n) is 7.71. The SMILES string of the molecule is Cc1cccc(C(C)(C)C)c1C(c1c(C)cccc1C(C)(C)C)[P+]([O-])([O-])[O-].Cc1cccc(C(C)(C)C)c1C(c1c(C)cccc1C(C)(C)C)[P+]([O-])([O-])[O-].[Pt+2].[Pt+2].[Pt+2]. The third-order valence-electron chi connectivity index (χ3n) is 10.3. The zero-order valence-corrected chi connectivity index (χ0v) is 45.0. The fourth-order valence-corrected chi connectivity index (χ4v) is 10.3. The van der Waals surface area contributed by atoms with E-state index in [2.05, 4.69) is 0 Å². The minimum Gasteiger partial charge on any atom is -0.687 e. The molecule has 0 aliphatic rings. The molecule has 0 fully saturated rings. The van der Waals surface area contributed by atoms with Gasteiger partial charge in [-0.15, -0.1) is 0 Å². The molecule has 0 unspecified atom stereocenters. The Morgan fingerprint density at radius 3 is 0.614 bits per heavy atom. The first-order chi connectivity index (χ1) is 24.3. The molecule has 6 nitrogen and oxygen atoms in total. The van der Waals surface area contributed by atoms with Crippen molar-refractivity contribution >= 4 is 15.9 Å². The van der Waals surface area contributed by atoms with Gasteiger partial charge in [0, 0.05) is 22.3 Å². The van der Waals surface area contributed by atoms with Gasteiger partial charge in [-0.1, -0.05) is 156 Å². The quantitative estimate of drug-likeness (QED) is 0.182. The average Bonchev–Trinajstić information content (AvgIpc) is 2.97. The van der Waals surface area contributed by atoms with Gasteiger partial charge in [-0.3, -0.25) is 0 Å². The molecule has 0 radical (unpaired) electrons. The molecule has 0 saturated heterocycles. The molecule has 11 heteroatoms. The molecule has 0 atom stereocenters. The number of benzene rings is 4. The van der Waals surface area contributed by atoms with E-state index in [9.17, 15) is 29.4 Å². The molecule has 4 aromatic rings. The maximum atomic E-state index is 12.7. The Hall–Kier alpha value is -0.435. The molecule has 320 valence electrons. The van der Waals surface area contributed by atoms with Crippen LogP contribution >= 0.6 is 15.9 Å². The second kappa shape index (κ2) is 20.6. The van der Waals surface area contributed by atoms with Crippen LogP contribution in [0.3, 0.4) is 0 Å². The van der Waals surface area contributed by atoms with Crippen LogP contribution in [0, 0.1) is 27.7 Å². The summed E-state index contributed by atoms with van der Waals surface area (Å²) < 4.78 is 0. The topological polar surface area (TPSA) is 138 Å². The fraction of sp³-hybridized carbons (Fsp3) is 0.478. The summed E-state index contributed by atoms with van der Waals surface area (Å²) in [6, 6.07) is 23.1. The Kier molecular flexibility index (Phi) is 20.5. The molecular formula is C46H62O6P2Pt3+2. The molecule has 0 amide bonds. The van der Waals surface area contributed by atoms with Gasteiger partial charge in [0.2, 0.25) is 0 Å². The van der Waals surface area contributed by atoms with Crippen molar-refractivity contribution in [2.24, 2.45) is 0 Å². The van der Waals surface area contributed by atoms with Crippen LogP contribution in [0.1, 0.15) is 161 Å². The van der Waals surface area contributed by atoms with E-state index in [1.54, 1.807) is 0 Å². The minimum absolute atomic E-state index is 0. The Bertz CT molecular complexity index is 1670. The Morgan fingerprint density at radius 2 is 0.491 bits per heavy atom. The molecule has 0 heterocycles. The summed E-state index contributed by atoms with van der Waals surface area (Å²) in [5, 5.41) is 0. The van der Waals surface area contributed by atoms with Gasteiger partial charge in [0.1, 0.15) is 11.3 Å². The first-order valence-corrected chi connectivity index (χ1v) is 22.0. The van der Waals surface area contributed by atoms with Crippen LogP contribution in [-0.4, -0.2) is 0 Å². The van der Waals surface area contributed by atoms with Crippen LogP contribution in [0.2, 0.25) is 0 Å². The molecule has 0 spiro atoms. The van der Waals surface area contributed by atoms with Crippen molar-refractivity contribution in [3.05, 3.63) is 140 Å². The number of aryl methyl sites for hydroxylation is 4. The van der Waals surface area contributed by atoms with Crippen molar-refractivity contribution in [2.75, 3.05) is 0 Å². The molecule has 0 aromatic heterocycles. The van der Waals surface area contributed by atoms with Crippen molar-refractivity contribution in [3.8, 4) is 0 Å². The number of rotatable bonds is 6. The van der Waals surface area contributed by atoms with Gasteiger partial charge in [-0.25, -0.2) is 0 Å². The normalized spacial score (nSPS) is 12.6. The van der Waals surface area contributed by atoms with Crippen molar-refractivity contribution in [2.45, 2.75) is 144 Å². The summed E-state index contributed by atoms with van der Waals surface area (Å²) in [6.45, 7) is 32.1. The van der Waals surface area contributed by atoms with Crippen LogP contribution in [0.25, 0.3) is 0 Å². The van der Waals surface area contributed by atoms with Gasteiger partial charge >= 0.3 is 63.2 Å². The molecule has 0 aliphatic heterocycles. The maximum Gasteiger partial charge on any atom is 2.00 e. The summed E-state index contributed by atoms with van der Waals surface area (Å²) in [6.07, 6.45) is 0. The van der Waals surface area contributed by atoms with E-state index in [4.69, 9.17) is 0 Å². The molecule has 57 heavy (non-hydrogen) atoms. The number of hydrogen-bond donors (Lipinski definition) is 0. The van der Waals surface area contributed by atoms with E-state index in [0.717, 1.165) is 44.5 Å². The Balaban J connectivity index is 0.00000105. The van der Waals surface area contributed by atoms with Gasteiger partial charge in [0.25, 0.3) is 0 Å². The average molecular weight is 1360 g/mol. The van der Waals surface area contributed by atoms with Crippen molar-refractivity contribution in [1.29, 1.82) is 0 Å². The second-order valence-electron chi connectivity index (χ2n) is 19.0. The standard InChI is InChI=1S/2C23H33O3P.3Pt/c2*1-15-11-9-13-17(22(3,4)5)19(15)21(27(24,25)26)20-16(2)12-10-14-18(20)23(6,7)8;;;/h2*9-14,21H,1-8H3,(H2,24,25,26);;;/q;;3*+2/p-4. The largest absolute Gasteiger partial charge is 2.00 e. The summed E-state index contributed by atoms with van der Waals surface area (Å²) in [5.74, 6) is 0. The Labute approximate surface area is 388 Å². The molecule has 4 rings (SSSR count). The zero-order valence-electron chi connectivity index (χ0n) is 36.4. The van der Waals surface area contributed by atoms with Crippen LogP contribution in [0.15, 0.2) is 72.8 Å². The second-order valence-corrected chi connectivity index (χ2v) is 22.2. The molecule has 4 aromatic carbocycles. The summed E-state index contributed by atoms with van der Waals surface area (Å²) in [5.41, 5.74) is 6.02. The maximum absolute atomic E-state index is 12.7. The first kappa shape index (κ1) is 56.6. The van der Waals surface area contributed by atoms with Crippen molar-refractivity contribution in [1.82, 2.24) is 0 Å². The van der Waals surface area contributed by atoms with E-state index in [1.807, 2.05) is 184 Å². The third kappa shape index (κ3) is 13.8. The minimum atomic E-state index is -4.97. The van der Waals surface area contributed by atoms with E-state index in [0.29, 0.717) is 22.3 Å². The smallest absolute Gasteiger partial charge is 0.687 e. The predicted octanol–water partition coefficient (Wildman–Crippen LogP) is 7.66. The molecule has 0 N–H and O–H groups in total. The summed E-state index contributed by atoms with van der Waals surface area (Å²) >= 11 is 0. The number of hydrogen-bond acceptors (Lipinski definition) is 6. The van der Waals surface area contributed by atoms with Gasteiger partial charge in [-0.05, 0) is 93.9 Å².